The molecule has 0 atom stereocenters. The van der Waals surface area contributed by atoms with Crippen LogP contribution in [0.15, 0.2) is 0 Å². The van der Waals surface area contributed by atoms with Gasteiger partial charge in [-0.05, 0) is 18.1 Å². The minimum Gasteiger partial charge on any atom is -0.420 e. The van der Waals surface area contributed by atoms with E-state index in [9.17, 15) is 0 Å². The largest absolute Gasteiger partial charge is 0.420 e. The summed E-state index contributed by atoms with van der Waals surface area (Å²) < 4.78 is 5.80. The second-order valence-corrected chi connectivity index (χ2v) is 9.30. The first-order chi connectivity index (χ1) is 7.24. The average molecular weight is 230 g/mol. The van der Waals surface area contributed by atoms with Crippen LogP contribution in [-0.2, 0) is 4.43 Å². The molecule has 0 aromatic rings. The zero-order chi connectivity index (χ0) is 11.6. The van der Waals surface area contributed by atoms with Crippen molar-refractivity contribution in [1.29, 1.82) is 0 Å². The van der Waals surface area contributed by atoms with Gasteiger partial charge in [0, 0.05) is 7.11 Å². The molecule has 0 fully saturated rings. The van der Waals surface area contributed by atoms with Crippen molar-refractivity contribution in [2.24, 2.45) is 0 Å². The van der Waals surface area contributed by atoms with E-state index < -0.39 is 8.32 Å². The highest BCUT2D eigenvalue weighted by Crippen LogP contribution is 2.24. The van der Waals surface area contributed by atoms with Gasteiger partial charge in [0.2, 0.25) is 0 Å². The third kappa shape index (κ3) is 6.36. The Bertz CT molecular complexity index is 124. The Kier molecular flexibility index (Phi) is 9.52. The fourth-order valence-corrected chi connectivity index (χ4v) is 5.10. The van der Waals surface area contributed by atoms with Gasteiger partial charge in [-0.1, -0.05) is 59.3 Å². The van der Waals surface area contributed by atoms with Gasteiger partial charge in [-0.15, -0.1) is 0 Å². The molecule has 0 spiro atoms. The van der Waals surface area contributed by atoms with Crippen molar-refractivity contribution in [1.82, 2.24) is 0 Å². The molecule has 1 nitrogen and oxygen atoms in total. The first-order valence-corrected chi connectivity index (χ1v) is 9.32. The Balaban J connectivity index is 3.54. The quantitative estimate of drug-likeness (QED) is 0.380. The van der Waals surface area contributed by atoms with Gasteiger partial charge in [-0.2, -0.15) is 0 Å². The normalized spacial score (nSPS) is 12.0. The lowest BCUT2D eigenvalue weighted by Crippen LogP contribution is -2.34. The van der Waals surface area contributed by atoms with Gasteiger partial charge in [0.1, 0.15) is 0 Å². The molecule has 0 saturated heterocycles. The van der Waals surface area contributed by atoms with Crippen molar-refractivity contribution in [3.05, 3.63) is 0 Å². The van der Waals surface area contributed by atoms with E-state index in [1.807, 2.05) is 7.11 Å². The molecule has 0 aromatic carbocycles. The maximum absolute atomic E-state index is 5.80. The minimum absolute atomic E-state index is 1.29. The fraction of sp³-hybridized carbons (Fsp3) is 1.00. The fourth-order valence-electron chi connectivity index (χ4n) is 2.22. The Labute approximate surface area is 97.7 Å². The van der Waals surface area contributed by atoms with E-state index in [-0.39, 0.29) is 0 Å². The predicted octanol–water partition coefficient (Wildman–Crippen LogP) is 4.98. The lowest BCUT2D eigenvalue weighted by Gasteiger charge is -2.27. The summed E-state index contributed by atoms with van der Waals surface area (Å²) >= 11 is 0. The Morgan fingerprint density at radius 2 is 1.33 bits per heavy atom. The zero-order valence-corrected chi connectivity index (χ0v) is 12.3. The van der Waals surface area contributed by atoms with Crippen molar-refractivity contribution in [3.63, 3.8) is 0 Å². The van der Waals surface area contributed by atoms with Gasteiger partial charge >= 0.3 is 0 Å². The number of rotatable bonds is 10. The molecule has 0 aliphatic rings. The number of hydrogen-bond donors (Lipinski definition) is 0. The van der Waals surface area contributed by atoms with Crippen LogP contribution in [0.3, 0.4) is 0 Å². The van der Waals surface area contributed by atoms with Gasteiger partial charge < -0.3 is 4.43 Å². The number of unbranched alkanes of at least 4 members (excludes halogenated alkanes) is 5. The van der Waals surface area contributed by atoms with E-state index >= 15 is 0 Å². The van der Waals surface area contributed by atoms with Crippen LogP contribution in [0.25, 0.3) is 0 Å². The van der Waals surface area contributed by atoms with Crippen molar-refractivity contribution in [2.75, 3.05) is 7.11 Å². The summed E-state index contributed by atoms with van der Waals surface area (Å²) in [4.78, 5) is 0. The molecule has 0 aromatic heterocycles. The third-order valence-electron chi connectivity index (χ3n) is 3.71. The number of hydrogen-bond acceptors (Lipinski definition) is 1. The molecule has 0 aliphatic carbocycles. The van der Waals surface area contributed by atoms with Crippen molar-refractivity contribution in [3.8, 4) is 0 Å². The second kappa shape index (κ2) is 9.41. The third-order valence-corrected chi connectivity index (χ3v) is 8.42. The van der Waals surface area contributed by atoms with E-state index in [1.54, 1.807) is 0 Å². The maximum atomic E-state index is 5.80. The van der Waals surface area contributed by atoms with Crippen LogP contribution in [-0.4, -0.2) is 15.4 Å². The molecule has 15 heavy (non-hydrogen) atoms. The summed E-state index contributed by atoms with van der Waals surface area (Å²) in [5, 5.41) is 0. The van der Waals surface area contributed by atoms with Crippen LogP contribution in [0.5, 0.6) is 0 Å². The standard InChI is InChI=1S/C13H30OSi/c1-5-8-9-10-11-12-13-15(6-2,7-3)14-4/h5-13H2,1-4H3. The Morgan fingerprint density at radius 3 is 1.80 bits per heavy atom. The van der Waals surface area contributed by atoms with Gasteiger partial charge in [0.15, 0.2) is 8.32 Å². The van der Waals surface area contributed by atoms with Crippen LogP contribution < -0.4 is 0 Å². The lowest BCUT2D eigenvalue weighted by molar-refractivity contribution is 0.389. The highest BCUT2D eigenvalue weighted by molar-refractivity contribution is 6.73. The molecule has 92 valence electrons. The van der Waals surface area contributed by atoms with Crippen LogP contribution >= 0.6 is 0 Å². The van der Waals surface area contributed by atoms with Crippen molar-refractivity contribution >= 4 is 8.32 Å². The van der Waals surface area contributed by atoms with Crippen molar-refractivity contribution < 1.29 is 4.43 Å². The molecule has 2 heteroatoms. The minimum atomic E-state index is -1.29. The second-order valence-electron chi connectivity index (χ2n) is 4.61. The van der Waals surface area contributed by atoms with E-state index in [0.29, 0.717) is 0 Å². The van der Waals surface area contributed by atoms with Crippen LogP contribution in [0, 0.1) is 0 Å². The molecule has 0 bridgehead atoms. The van der Waals surface area contributed by atoms with E-state index in [1.165, 1.54) is 56.7 Å². The Morgan fingerprint density at radius 1 is 0.800 bits per heavy atom. The van der Waals surface area contributed by atoms with E-state index in [2.05, 4.69) is 20.8 Å². The van der Waals surface area contributed by atoms with Crippen LogP contribution in [0.1, 0.15) is 59.3 Å². The molecule has 0 aliphatic heterocycles. The highest BCUT2D eigenvalue weighted by atomic mass is 28.4. The molecule has 0 heterocycles. The smallest absolute Gasteiger partial charge is 0.191 e. The summed E-state index contributed by atoms with van der Waals surface area (Å²) in [6.45, 7) is 6.88. The summed E-state index contributed by atoms with van der Waals surface area (Å²) in [5.41, 5.74) is 0. The molecule has 0 amide bonds. The highest BCUT2D eigenvalue weighted by Gasteiger charge is 2.28. The lowest BCUT2D eigenvalue weighted by atomic mass is 10.1. The van der Waals surface area contributed by atoms with Gasteiger partial charge in [-0.25, -0.2) is 0 Å². The molecule has 0 unspecified atom stereocenters. The van der Waals surface area contributed by atoms with Crippen molar-refractivity contribution in [2.45, 2.75) is 77.4 Å². The first-order valence-electron chi connectivity index (χ1n) is 6.79. The molecule has 0 rings (SSSR count). The Hall–Kier alpha value is 0.177. The van der Waals surface area contributed by atoms with Crippen LogP contribution in [0.4, 0.5) is 0 Å². The first kappa shape index (κ1) is 15.2. The van der Waals surface area contributed by atoms with Crippen LogP contribution in [0.2, 0.25) is 18.1 Å². The van der Waals surface area contributed by atoms with E-state index in [0.717, 1.165) is 0 Å². The average Bonchev–Trinajstić information content (AvgIpc) is 2.29. The monoisotopic (exact) mass is 230 g/mol. The van der Waals surface area contributed by atoms with E-state index in [4.69, 9.17) is 4.43 Å². The summed E-state index contributed by atoms with van der Waals surface area (Å²) in [6, 6.07) is 3.95. The molecular weight excluding hydrogens is 200 g/mol. The SMILES string of the molecule is CCCCCCCC[Si](CC)(CC)OC. The predicted molar refractivity (Wildman–Crippen MR) is 71.9 cm³/mol. The van der Waals surface area contributed by atoms with Gasteiger partial charge in [0.05, 0.1) is 0 Å². The van der Waals surface area contributed by atoms with Gasteiger partial charge in [-0.3, -0.25) is 0 Å². The molecule has 0 N–H and O–H groups in total. The van der Waals surface area contributed by atoms with Gasteiger partial charge in [0.25, 0.3) is 0 Å². The maximum Gasteiger partial charge on any atom is 0.191 e. The summed E-state index contributed by atoms with van der Waals surface area (Å²) in [7, 11) is 0.641. The topological polar surface area (TPSA) is 9.23 Å². The zero-order valence-electron chi connectivity index (χ0n) is 11.3. The summed E-state index contributed by atoms with van der Waals surface area (Å²) in [6.07, 6.45) is 8.42. The molecule has 0 radical (unpaired) electrons. The summed E-state index contributed by atoms with van der Waals surface area (Å²) in [5.74, 6) is 0. The molecular formula is C13H30OSi. The molecule has 0 saturated carbocycles.